The van der Waals surface area contributed by atoms with E-state index >= 15 is 0 Å². The van der Waals surface area contributed by atoms with E-state index in [1.807, 2.05) is 0 Å². The molecule has 3 rings (SSSR count). The van der Waals surface area contributed by atoms with Crippen LogP contribution in [0.5, 0.6) is 0 Å². The number of aryl methyl sites for hydroxylation is 1. The quantitative estimate of drug-likeness (QED) is 0.202. The zero-order valence-corrected chi connectivity index (χ0v) is 22.5. The molecule has 0 bridgehead atoms. The molecule has 0 aliphatic heterocycles. The van der Waals surface area contributed by atoms with Gasteiger partial charge in [0.1, 0.15) is 0 Å². The Morgan fingerprint density at radius 2 is 1.20 bits per heavy atom. The molecule has 1 aliphatic carbocycles. The van der Waals surface area contributed by atoms with Crippen LogP contribution in [0.3, 0.4) is 0 Å². The molecule has 0 unspecified atom stereocenters. The van der Waals surface area contributed by atoms with Gasteiger partial charge in [0.25, 0.3) is 0 Å². The summed E-state index contributed by atoms with van der Waals surface area (Å²) >= 11 is 0. The molecule has 0 nitrogen and oxygen atoms in total. The first kappa shape index (κ1) is 27.3. The largest absolute Gasteiger partial charge is 0.0842 e. The maximum atomic E-state index is 3.33. The lowest BCUT2D eigenvalue weighted by Gasteiger charge is -2.28. The molecule has 35 heavy (non-hydrogen) atoms. The van der Waals surface area contributed by atoms with E-state index in [1.165, 1.54) is 101 Å². The third kappa shape index (κ3) is 10.9. The molecule has 2 aromatic carbocycles. The first-order valence-electron chi connectivity index (χ1n) is 14.6. The third-order valence-electron chi connectivity index (χ3n) is 7.79. The molecule has 0 spiro atoms. The van der Waals surface area contributed by atoms with Crippen LogP contribution >= 0.6 is 0 Å². The van der Waals surface area contributed by atoms with E-state index in [1.54, 1.807) is 0 Å². The van der Waals surface area contributed by atoms with Crippen molar-refractivity contribution in [3.63, 3.8) is 0 Å². The monoisotopic (exact) mass is 468 g/mol. The molecule has 1 aliphatic rings. The molecule has 0 radical (unpaired) electrons. The average molecular weight is 469 g/mol. The highest BCUT2D eigenvalue weighted by atomic mass is 14.3. The molecule has 2 aromatic rings. The van der Waals surface area contributed by atoms with E-state index in [9.17, 15) is 0 Å². The van der Waals surface area contributed by atoms with Crippen molar-refractivity contribution in [3.05, 3.63) is 76.9 Å². The van der Waals surface area contributed by atoms with Gasteiger partial charge in [0.05, 0.1) is 0 Å². The number of rotatable bonds is 13. The standard InChI is InChI=1S/C35H48/c1-3-5-7-8-9-10-11-13-31-16-20-33(21-17-31)23-25-35-28-26-34(27-29-35)24-22-32-18-14-30(15-19-32)12-6-4-2/h6,12,14-15,18-19,26-29,31,33H,3-5,7-11,13,16-17,20-21,23,25H2,1-2H3/b12-6+. The summed E-state index contributed by atoms with van der Waals surface area (Å²) in [5.41, 5.74) is 4.89. The van der Waals surface area contributed by atoms with Crippen LogP contribution in [0.2, 0.25) is 0 Å². The minimum atomic E-state index is 0.940. The molecule has 0 aromatic heterocycles. The van der Waals surface area contributed by atoms with Gasteiger partial charge in [0, 0.05) is 11.1 Å². The second-order valence-corrected chi connectivity index (χ2v) is 10.7. The summed E-state index contributed by atoms with van der Waals surface area (Å²) in [4.78, 5) is 0. The van der Waals surface area contributed by atoms with Gasteiger partial charge < -0.3 is 0 Å². The fraction of sp³-hybridized carbons (Fsp3) is 0.543. The second-order valence-electron chi connectivity index (χ2n) is 10.7. The van der Waals surface area contributed by atoms with Gasteiger partial charge in [-0.2, -0.15) is 0 Å². The first-order valence-corrected chi connectivity index (χ1v) is 14.6. The van der Waals surface area contributed by atoms with Crippen LogP contribution in [0.4, 0.5) is 0 Å². The Balaban J connectivity index is 1.32. The summed E-state index contributed by atoms with van der Waals surface area (Å²) in [6, 6.07) is 17.5. The van der Waals surface area contributed by atoms with Crippen LogP contribution in [0, 0.1) is 23.7 Å². The predicted molar refractivity (Wildman–Crippen MR) is 155 cm³/mol. The van der Waals surface area contributed by atoms with Crippen LogP contribution < -0.4 is 0 Å². The van der Waals surface area contributed by atoms with Gasteiger partial charge in [-0.1, -0.05) is 139 Å². The van der Waals surface area contributed by atoms with Crippen LogP contribution in [-0.2, 0) is 6.42 Å². The van der Waals surface area contributed by atoms with Gasteiger partial charge in [0.15, 0.2) is 0 Å². The SMILES string of the molecule is CC/C=C/c1ccc(C#Cc2ccc(CCC3CCC(CCCCCCCCC)CC3)cc2)cc1. The average Bonchev–Trinajstić information content (AvgIpc) is 2.91. The van der Waals surface area contributed by atoms with Crippen LogP contribution in [-0.4, -0.2) is 0 Å². The highest BCUT2D eigenvalue weighted by Crippen LogP contribution is 2.34. The van der Waals surface area contributed by atoms with Crippen molar-refractivity contribution in [1.82, 2.24) is 0 Å². The lowest BCUT2D eigenvalue weighted by molar-refractivity contribution is 0.248. The van der Waals surface area contributed by atoms with Crippen molar-refractivity contribution in [1.29, 1.82) is 0 Å². The number of unbranched alkanes of at least 4 members (excludes halogenated alkanes) is 6. The van der Waals surface area contributed by atoms with Crippen molar-refractivity contribution in [2.24, 2.45) is 11.8 Å². The summed E-state index contributed by atoms with van der Waals surface area (Å²) in [6.45, 7) is 4.46. The van der Waals surface area contributed by atoms with E-state index in [4.69, 9.17) is 0 Å². The lowest BCUT2D eigenvalue weighted by Crippen LogP contribution is -2.15. The van der Waals surface area contributed by atoms with Gasteiger partial charge >= 0.3 is 0 Å². The third-order valence-corrected chi connectivity index (χ3v) is 7.79. The van der Waals surface area contributed by atoms with Crippen molar-refractivity contribution < 1.29 is 0 Å². The summed E-state index contributed by atoms with van der Waals surface area (Å²) in [7, 11) is 0. The Morgan fingerprint density at radius 3 is 1.80 bits per heavy atom. The zero-order valence-electron chi connectivity index (χ0n) is 22.5. The highest BCUT2D eigenvalue weighted by Gasteiger charge is 2.20. The van der Waals surface area contributed by atoms with Gasteiger partial charge in [-0.05, 0) is 66.5 Å². The van der Waals surface area contributed by atoms with Gasteiger partial charge in [-0.15, -0.1) is 0 Å². The molecule has 0 saturated heterocycles. The summed E-state index contributed by atoms with van der Waals surface area (Å²) in [5.74, 6) is 8.59. The normalized spacial score (nSPS) is 17.9. The zero-order chi connectivity index (χ0) is 24.6. The van der Waals surface area contributed by atoms with E-state index in [0.717, 1.165) is 29.4 Å². The van der Waals surface area contributed by atoms with Gasteiger partial charge in [0.2, 0.25) is 0 Å². The van der Waals surface area contributed by atoms with E-state index in [0.29, 0.717) is 0 Å². The maximum absolute atomic E-state index is 3.33. The molecule has 0 heterocycles. The number of allylic oxidation sites excluding steroid dienone is 1. The molecule has 188 valence electrons. The molecule has 0 heteroatoms. The van der Waals surface area contributed by atoms with Crippen LogP contribution in [0.15, 0.2) is 54.6 Å². The van der Waals surface area contributed by atoms with Crippen LogP contribution in [0.25, 0.3) is 6.08 Å². The van der Waals surface area contributed by atoms with E-state index < -0.39 is 0 Å². The molecular weight excluding hydrogens is 420 g/mol. The van der Waals surface area contributed by atoms with Gasteiger partial charge in [-0.3, -0.25) is 0 Å². The number of hydrogen-bond acceptors (Lipinski definition) is 0. The minimum absolute atomic E-state index is 0.940. The van der Waals surface area contributed by atoms with Crippen molar-refractivity contribution in [2.45, 2.75) is 110 Å². The van der Waals surface area contributed by atoms with Crippen LogP contribution in [0.1, 0.15) is 126 Å². The summed E-state index contributed by atoms with van der Waals surface area (Å²) < 4.78 is 0. The molecule has 1 saturated carbocycles. The fourth-order valence-electron chi connectivity index (χ4n) is 5.40. The molecule has 0 atom stereocenters. The Morgan fingerprint density at radius 1 is 0.657 bits per heavy atom. The number of hydrogen-bond donors (Lipinski definition) is 0. The topological polar surface area (TPSA) is 0 Å². The minimum Gasteiger partial charge on any atom is -0.0842 e. The lowest BCUT2D eigenvalue weighted by atomic mass is 9.77. The molecule has 0 N–H and O–H groups in total. The summed E-state index contributed by atoms with van der Waals surface area (Å²) in [6.07, 6.45) is 25.4. The Bertz CT molecular complexity index is 895. The van der Waals surface area contributed by atoms with Crippen molar-refractivity contribution >= 4 is 6.08 Å². The van der Waals surface area contributed by atoms with Gasteiger partial charge in [-0.25, -0.2) is 0 Å². The maximum Gasteiger partial charge on any atom is 0.0249 e. The van der Waals surface area contributed by atoms with Crippen molar-refractivity contribution in [2.75, 3.05) is 0 Å². The second kappa shape index (κ2) is 16.4. The first-order chi connectivity index (χ1) is 17.3. The fourth-order valence-corrected chi connectivity index (χ4v) is 5.40. The highest BCUT2D eigenvalue weighted by molar-refractivity contribution is 5.52. The van der Waals surface area contributed by atoms with E-state index in [2.05, 4.69) is 86.4 Å². The molecule has 1 fully saturated rings. The predicted octanol–water partition coefficient (Wildman–Crippen LogP) is 10.4. The molecular formula is C35H48. The van der Waals surface area contributed by atoms with Crippen molar-refractivity contribution in [3.8, 4) is 11.8 Å². The Kier molecular flexibility index (Phi) is 12.8. The summed E-state index contributed by atoms with van der Waals surface area (Å²) in [5, 5.41) is 0. The smallest absolute Gasteiger partial charge is 0.0249 e. The Labute approximate surface area is 216 Å². The Hall–Kier alpha value is -2.26. The number of benzene rings is 2. The molecule has 0 amide bonds. The van der Waals surface area contributed by atoms with E-state index in [-0.39, 0.29) is 0 Å².